The summed E-state index contributed by atoms with van der Waals surface area (Å²) in [4.78, 5) is 11.8. The standard InChI is InChI=1S/C14H12F2O2/c15-13-9(4-5-11(17)14(13)16)10-6-12(18)8-3-1-2-7(8)10/h4-8,17H,1-3H2/t7-,8+/m0/s1. The van der Waals surface area contributed by atoms with Gasteiger partial charge >= 0.3 is 0 Å². The fourth-order valence-electron chi connectivity index (χ4n) is 3.08. The van der Waals surface area contributed by atoms with Crippen LogP contribution in [0.2, 0.25) is 0 Å². The van der Waals surface area contributed by atoms with Crippen molar-refractivity contribution in [1.29, 1.82) is 0 Å². The van der Waals surface area contributed by atoms with E-state index in [1.807, 2.05) is 0 Å². The van der Waals surface area contributed by atoms with Crippen molar-refractivity contribution >= 4 is 11.4 Å². The zero-order valence-electron chi connectivity index (χ0n) is 9.62. The molecule has 1 N–H and O–H groups in total. The Balaban J connectivity index is 2.09. The molecule has 18 heavy (non-hydrogen) atoms. The lowest BCUT2D eigenvalue weighted by Crippen LogP contribution is -2.10. The summed E-state index contributed by atoms with van der Waals surface area (Å²) >= 11 is 0. The number of hydrogen-bond donors (Lipinski definition) is 1. The fraction of sp³-hybridized carbons (Fsp3) is 0.357. The van der Waals surface area contributed by atoms with Crippen LogP contribution in [0.5, 0.6) is 5.75 Å². The first kappa shape index (κ1) is 11.4. The third kappa shape index (κ3) is 1.48. The van der Waals surface area contributed by atoms with Gasteiger partial charge < -0.3 is 5.11 Å². The number of benzene rings is 1. The van der Waals surface area contributed by atoms with Gasteiger partial charge in [-0.3, -0.25) is 4.79 Å². The number of halogens is 2. The molecule has 0 spiro atoms. The zero-order valence-corrected chi connectivity index (χ0v) is 9.62. The molecular formula is C14H12F2O2. The van der Waals surface area contributed by atoms with Gasteiger partial charge in [0.25, 0.3) is 0 Å². The van der Waals surface area contributed by atoms with Crippen molar-refractivity contribution in [3.05, 3.63) is 35.4 Å². The predicted molar refractivity (Wildman–Crippen MR) is 61.8 cm³/mol. The molecule has 0 radical (unpaired) electrons. The monoisotopic (exact) mass is 250 g/mol. The molecule has 0 amide bonds. The first-order valence-corrected chi connectivity index (χ1v) is 6.02. The number of allylic oxidation sites excluding steroid dienone is 2. The number of phenolic OH excluding ortho intramolecular Hbond substituents is 1. The van der Waals surface area contributed by atoms with Crippen LogP contribution in [0.3, 0.4) is 0 Å². The van der Waals surface area contributed by atoms with Gasteiger partial charge in [-0.1, -0.05) is 6.42 Å². The molecule has 0 aromatic heterocycles. The molecule has 1 aromatic carbocycles. The molecule has 2 aliphatic rings. The minimum atomic E-state index is -1.25. The molecule has 1 saturated carbocycles. The van der Waals surface area contributed by atoms with Crippen molar-refractivity contribution in [2.24, 2.45) is 11.8 Å². The second-order valence-corrected chi connectivity index (χ2v) is 4.91. The number of hydrogen-bond acceptors (Lipinski definition) is 2. The molecule has 0 aliphatic heterocycles. The van der Waals surface area contributed by atoms with Crippen molar-refractivity contribution in [2.45, 2.75) is 19.3 Å². The SMILES string of the molecule is O=C1C=C(c2ccc(O)c(F)c2F)[C@H]2CCC[C@@H]12. The number of aromatic hydroxyl groups is 1. The summed E-state index contributed by atoms with van der Waals surface area (Å²) in [5.74, 6) is -3.05. The Morgan fingerprint density at radius 1 is 1.11 bits per heavy atom. The summed E-state index contributed by atoms with van der Waals surface area (Å²) in [6, 6.07) is 2.47. The van der Waals surface area contributed by atoms with Crippen LogP contribution in [0, 0.1) is 23.5 Å². The maximum atomic E-state index is 13.8. The third-order valence-corrected chi connectivity index (χ3v) is 3.95. The van der Waals surface area contributed by atoms with Crippen molar-refractivity contribution in [3.8, 4) is 5.75 Å². The lowest BCUT2D eigenvalue weighted by molar-refractivity contribution is -0.117. The van der Waals surface area contributed by atoms with E-state index in [4.69, 9.17) is 5.11 Å². The number of ketones is 1. The Labute approximate surface area is 103 Å². The molecule has 0 unspecified atom stereocenters. The Kier molecular flexibility index (Phi) is 2.47. The topological polar surface area (TPSA) is 37.3 Å². The lowest BCUT2D eigenvalue weighted by Gasteiger charge is -2.14. The summed E-state index contributed by atoms with van der Waals surface area (Å²) in [6.45, 7) is 0. The van der Waals surface area contributed by atoms with Crippen LogP contribution in [0.15, 0.2) is 18.2 Å². The molecule has 0 bridgehead atoms. The van der Waals surface area contributed by atoms with E-state index in [1.165, 1.54) is 12.1 Å². The molecule has 94 valence electrons. The first-order chi connectivity index (χ1) is 8.59. The van der Waals surface area contributed by atoms with Crippen LogP contribution in [0.4, 0.5) is 8.78 Å². The highest BCUT2D eigenvalue weighted by Crippen LogP contribution is 2.47. The number of phenols is 1. The summed E-state index contributed by atoms with van der Waals surface area (Å²) in [6.07, 6.45) is 4.04. The van der Waals surface area contributed by atoms with E-state index < -0.39 is 17.4 Å². The van der Waals surface area contributed by atoms with Crippen molar-refractivity contribution in [3.63, 3.8) is 0 Å². The van der Waals surface area contributed by atoms with Crippen LogP contribution >= 0.6 is 0 Å². The highest BCUT2D eigenvalue weighted by atomic mass is 19.2. The zero-order chi connectivity index (χ0) is 12.9. The van der Waals surface area contributed by atoms with Gasteiger partial charge in [0.05, 0.1) is 0 Å². The van der Waals surface area contributed by atoms with Crippen LogP contribution in [0.1, 0.15) is 24.8 Å². The molecule has 0 heterocycles. The Morgan fingerprint density at radius 3 is 2.61 bits per heavy atom. The second kappa shape index (κ2) is 3.90. The number of carbonyl (C=O) groups is 1. The smallest absolute Gasteiger partial charge is 0.200 e. The molecule has 1 aromatic rings. The summed E-state index contributed by atoms with van der Waals surface area (Å²) in [7, 11) is 0. The Morgan fingerprint density at radius 2 is 1.83 bits per heavy atom. The summed E-state index contributed by atoms with van der Waals surface area (Å²) in [5, 5.41) is 9.11. The fourth-order valence-corrected chi connectivity index (χ4v) is 3.08. The molecule has 2 nitrogen and oxygen atoms in total. The Hall–Kier alpha value is -1.71. The van der Waals surface area contributed by atoms with Gasteiger partial charge in [-0.15, -0.1) is 0 Å². The van der Waals surface area contributed by atoms with Crippen LogP contribution in [-0.4, -0.2) is 10.9 Å². The van der Waals surface area contributed by atoms with Crippen molar-refractivity contribution in [2.75, 3.05) is 0 Å². The van der Waals surface area contributed by atoms with Crippen molar-refractivity contribution < 1.29 is 18.7 Å². The number of carbonyl (C=O) groups excluding carboxylic acids is 1. The van der Waals surface area contributed by atoms with E-state index >= 15 is 0 Å². The minimum absolute atomic E-state index is 0.0101. The molecule has 2 aliphatic carbocycles. The van der Waals surface area contributed by atoms with Gasteiger partial charge in [-0.05, 0) is 42.5 Å². The quantitative estimate of drug-likeness (QED) is 0.831. The molecule has 0 saturated heterocycles. The van der Waals surface area contributed by atoms with Gasteiger partial charge in [-0.25, -0.2) is 4.39 Å². The molecule has 1 fully saturated rings. The van der Waals surface area contributed by atoms with Gasteiger partial charge in [0.15, 0.2) is 17.3 Å². The lowest BCUT2D eigenvalue weighted by atomic mass is 9.90. The molecule has 3 rings (SSSR count). The molecule has 4 heteroatoms. The highest BCUT2D eigenvalue weighted by molar-refractivity contribution is 6.04. The average Bonchev–Trinajstić information content (AvgIpc) is 2.92. The highest BCUT2D eigenvalue weighted by Gasteiger charge is 2.40. The van der Waals surface area contributed by atoms with Gasteiger partial charge in [-0.2, -0.15) is 4.39 Å². The normalized spacial score (nSPS) is 26.3. The van der Waals surface area contributed by atoms with Gasteiger partial charge in [0, 0.05) is 11.5 Å². The van der Waals surface area contributed by atoms with Gasteiger partial charge in [0.1, 0.15) is 0 Å². The van der Waals surface area contributed by atoms with E-state index in [-0.39, 0.29) is 23.2 Å². The van der Waals surface area contributed by atoms with Crippen LogP contribution in [-0.2, 0) is 4.79 Å². The average molecular weight is 250 g/mol. The minimum Gasteiger partial charge on any atom is -0.505 e. The first-order valence-electron chi connectivity index (χ1n) is 6.02. The van der Waals surface area contributed by atoms with Crippen LogP contribution < -0.4 is 0 Å². The van der Waals surface area contributed by atoms with Crippen LogP contribution in [0.25, 0.3) is 5.57 Å². The van der Waals surface area contributed by atoms with Gasteiger partial charge in [0.2, 0.25) is 5.82 Å². The van der Waals surface area contributed by atoms with E-state index in [1.54, 1.807) is 0 Å². The van der Waals surface area contributed by atoms with E-state index in [0.717, 1.165) is 25.3 Å². The van der Waals surface area contributed by atoms with E-state index in [9.17, 15) is 13.6 Å². The summed E-state index contributed by atoms with van der Waals surface area (Å²) < 4.78 is 27.2. The Bertz CT molecular complexity index is 563. The second-order valence-electron chi connectivity index (χ2n) is 4.91. The largest absolute Gasteiger partial charge is 0.505 e. The van der Waals surface area contributed by atoms with E-state index in [2.05, 4.69) is 0 Å². The molecule has 2 atom stereocenters. The number of rotatable bonds is 1. The van der Waals surface area contributed by atoms with E-state index in [0.29, 0.717) is 5.57 Å². The number of fused-ring (bicyclic) bond motifs is 1. The summed E-state index contributed by atoms with van der Waals surface area (Å²) in [5.41, 5.74) is 0.687. The predicted octanol–water partition coefficient (Wildman–Crippen LogP) is 3.05. The maximum Gasteiger partial charge on any atom is 0.200 e. The third-order valence-electron chi connectivity index (χ3n) is 3.95. The molecular weight excluding hydrogens is 238 g/mol. The maximum absolute atomic E-state index is 13.8. The van der Waals surface area contributed by atoms with Crippen molar-refractivity contribution in [1.82, 2.24) is 0 Å².